The minimum absolute atomic E-state index is 0.464. The molecule has 108 valence electrons. The van der Waals surface area contributed by atoms with E-state index >= 15 is 0 Å². The van der Waals surface area contributed by atoms with Gasteiger partial charge in [0.1, 0.15) is 12.1 Å². The first-order valence-corrected chi connectivity index (χ1v) is 7.96. The maximum absolute atomic E-state index is 5.75. The highest BCUT2D eigenvalue weighted by Gasteiger charge is 2.23. The van der Waals surface area contributed by atoms with Crippen molar-refractivity contribution < 1.29 is 0 Å². The van der Waals surface area contributed by atoms with E-state index in [9.17, 15) is 0 Å². The van der Waals surface area contributed by atoms with Crippen molar-refractivity contribution in [3.05, 3.63) is 17.3 Å². The van der Waals surface area contributed by atoms with Crippen molar-refractivity contribution in [1.29, 1.82) is 0 Å². The van der Waals surface area contributed by atoms with Crippen LogP contribution < -0.4 is 10.6 Å². The van der Waals surface area contributed by atoms with Crippen molar-refractivity contribution in [2.45, 2.75) is 19.9 Å². The molecule has 0 aliphatic carbocycles. The van der Waals surface area contributed by atoms with Crippen LogP contribution in [0.4, 0.5) is 5.82 Å². The van der Waals surface area contributed by atoms with Crippen molar-refractivity contribution in [1.82, 2.24) is 14.9 Å². The van der Waals surface area contributed by atoms with Crippen molar-refractivity contribution >= 4 is 27.4 Å². The second-order valence-electron chi connectivity index (χ2n) is 5.40. The molecule has 0 spiro atoms. The average Bonchev–Trinajstić information content (AvgIpc) is 2.88. The molecule has 0 aromatic carbocycles. The standard InChI is InChI=1S/C14H21N5S/c1-10-8-20-13-12(10)16-9-17-14(13)19-5-3-18(4-6-19)11(2)7-15/h8-9,11H,3-7,15H2,1-2H3. The van der Waals surface area contributed by atoms with E-state index in [0.29, 0.717) is 6.04 Å². The number of fused-ring (bicyclic) bond motifs is 1. The Morgan fingerprint density at radius 1 is 1.30 bits per heavy atom. The lowest BCUT2D eigenvalue weighted by atomic mass is 10.2. The van der Waals surface area contributed by atoms with Gasteiger partial charge >= 0.3 is 0 Å². The summed E-state index contributed by atoms with van der Waals surface area (Å²) in [6.07, 6.45) is 1.69. The fourth-order valence-electron chi connectivity index (χ4n) is 2.71. The number of piperazine rings is 1. The summed E-state index contributed by atoms with van der Waals surface area (Å²) in [4.78, 5) is 13.7. The Hall–Kier alpha value is -1.24. The molecule has 1 fully saturated rings. The van der Waals surface area contributed by atoms with Crippen molar-refractivity contribution in [3.63, 3.8) is 0 Å². The number of aromatic nitrogens is 2. The van der Waals surface area contributed by atoms with Crippen LogP contribution in [-0.4, -0.2) is 53.6 Å². The van der Waals surface area contributed by atoms with Gasteiger partial charge in [-0.1, -0.05) is 0 Å². The Labute approximate surface area is 123 Å². The lowest BCUT2D eigenvalue weighted by Crippen LogP contribution is -2.51. The highest BCUT2D eigenvalue weighted by molar-refractivity contribution is 7.18. The van der Waals surface area contributed by atoms with Gasteiger partial charge in [0.25, 0.3) is 0 Å². The maximum Gasteiger partial charge on any atom is 0.150 e. The third kappa shape index (κ3) is 2.39. The predicted octanol–water partition coefficient (Wildman–Crippen LogP) is 1.47. The largest absolute Gasteiger partial charge is 0.353 e. The molecule has 1 atom stereocenters. The van der Waals surface area contributed by atoms with Crippen LogP contribution in [0.1, 0.15) is 12.5 Å². The first-order valence-electron chi connectivity index (χ1n) is 7.08. The van der Waals surface area contributed by atoms with Gasteiger partial charge in [-0.15, -0.1) is 11.3 Å². The third-order valence-electron chi connectivity index (χ3n) is 4.09. The highest BCUT2D eigenvalue weighted by atomic mass is 32.1. The number of hydrogen-bond donors (Lipinski definition) is 1. The zero-order valence-corrected chi connectivity index (χ0v) is 12.9. The molecule has 0 radical (unpaired) electrons. The third-order valence-corrected chi connectivity index (χ3v) is 5.17. The first kappa shape index (κ1) is 13.7. The normalized spacial score (nSPS) is 18.6. The van der Waals surface area contributed by atoms with Gasteiger partial charge in [-0.3, -0.25) is 4.90 Å². The zero-order valence-electron chi connectivity index (χ0n) is 12.0. The van der Waals surface area contributed by atoms with E-state index in [-0.39, 0.29) is 0 Å². The molecule has 0 amide bonds. The Bertz CT molecular complexity index is 588. The summed E-state index contributed by atoms with van der Waals surface area (Å²) in [5.41, 5.74) is 8.09. The van der Waals surface area contributed by atoms with Gasteiger partial charge in [0.2, 0.25) is 0 Å². The Balaban J connectivity index is 1.80. The molecule has 3 rings (SSSR count). The molecule has 3 heterocycles. The first-order chi connectivity index (χ1) is 9.70. The van der Waals surface area contributed by atoms with E-state index in [1.165, 1.54) is 10.3 Å². The topological polar surface area (TPSA) is 58.3 Å². The summed E-state index contributed by atoms with van der Waals surface area (Å²) in [6, 6.07) is 0.464. The predicted molar refractivity (Wildman–Crippen MR) is 84.5 cm³/mol. The minimum Gasteiger partial charge on any atom is -0.353 e. The molecule has 5 nitrogen and oxygen atoms in total. The number of thiophene rings is 1. The molecule has 1 unspecified atom stereocenters. The number of nitrogens with zero attached hydrogens (tertiary/aromatic N) is 4. The van der Waals surface area contributed by atoms with E-state index in [1.807, 2.05) is 0 Å². The molecule has 0 bridgehead atoms. The molecule has 1 aliphatic rings. The van der Waals surface area contributed by atoms with E-state index in [2.05, 4.69) is 39.0 Å². The molecule has 1 aliphatic heterocycles. The second kappa shape index (κ2) is 5.63. The molecule has 0 saturated carbocycles. The van der Waals surface area contributed by atoms with Gasteiger partial charge in [-0.2, -0.15) is 0 Å². The summed E-state index contributed by atoms with van der Waals surface area (Å²) >= 11 is 1.75. The quantitative estimate of drug-likeness (QED) is 0.928. The van der Waals surface area contributed by atoms with E-state index in [4.69, 9.17) is 5.73 Å². The van der Waals surface area contributed by atoms with Crippen LogP contribution in [0.2, 0.25) is 0 Å². The van der Waals surface area contributed by atoms with Gasteiger partial charge in [-0.25, -0.2) is 9.97 Å². The Kier molecular flexibility index (Phi) is 3.87. The van der Waals surface area contributed by atoms with E-state index in [0.717, 1.165) is 44.1 Å². The molecular formula is C14H21N5S. The smallest absolute Gasteiger partial charge is 0.150 e. The van der Waals surface area contributed by atoms with Gasteiger partial charge < -0.3 is 10.6 Å². The van der Waals surface area contributed by atoms with Gasteiger partial charge in [0.05, 0.1) is 10.2 Å². The number of rotatable bonds is 3. The second-order valence-corrected chi connectivity index (χ2v) is 6.28. The van der Waals surface area contributed by atoms with Gasteiger partial charge in [0.15, 0.2) is 0 Å². The fraction of sp³-hybridized carbons (Fsp3) is 0.571. The molecule has 1 saturated heterocycles. The van der Waals surface area contributed by atoms with Crippen molar-refractivity contribution in [2.75, 3.05) is 37.6 Å². The van der Waals surface area contributed by atoms with Crippen LogP contribution in [0.3, 0.4) is 0 Å². The van der Waals surface area contributed by atoms with Crippen LogP contribution in [0.15, 0.2) is 11.7 Å². The van der Waals surface area contributed by atoms with Crippen LogP contribution in [0, 0.1) is 6.92 Å². The fourth-order valence-corrected chi connectivity index (χ4v) is 3.72. The Morgan fingerprint density at radius 3 is 2.75 bits per heavy atom. The van der Waals surface area contributed by atoms with Crippen LogP contribution in [-0.2, 0) is 0 Å². The number of hydrogen-bond acceptors (Lipinski definition) is 6. The molecular weight excluding hydrogens is 270 g/mol. The summed E-state index contributed by atoms with van der Waals surface area (Å²) < 4.78 is 1.21. The molecule has 2 aromatic rings. The average molecular weight is 291 g/mol. The molecule has 6 heteroatoms. The van der Waals surface area contributed by atoms with Crippen LogP contribution >= 0.6 is 11.3 Å². The summed E-state index contributed by atoms with van der Waals surface area (Å²) in [5, 5.41) is 2.16. The van der Waals surface area contributed by atoms with E-state index < -0.39 is 0 Å². The Morgan fingerprint density at radius 2 is 2.05 bits per heavy atom. The van der Waals surface area contributed by atoms with Gasteiger partial charge in [-0.05, 0) is 24.8 Å². The molecule has 20 heavy (non-hydrogen) atoms. The molecule has 2 N–H and O–H groups in total. The van der Waals surface area contributed by atoms with Gasteiger partial charge in [0, 0.05) is 38.8 Å². The van der Waals surface area contributed by atoms with Crippen LogP contribution in [0.5, 0.6) is 0 Å². The minimum atomic E-state index is 0.464. The SMILES string of the molecule is Cc1csc2c(N3CCN(C(C)CN)CC3)ncnc12. The van der Waals surface area contributed by atoms with Crippen molar-refractivity contribution in [3.8, 4) is 0 Å². The summed E-state index contributed by atoms with van der Waals surface area (Å²) in [5.74, 6) is 1.09. The monoisotopic (exact) mass is 291 g/mol. The molecule has 2 aromatic heterocycles. The van der Waals surface area contributed by atoms with Crippen LogP contribution in [0.25, 0.3) is 10.2 Å². The zero-order chi connectivity index (χ0) is 14.1. The maximum atomic E-state index is 5.75. The number of nitrogens with two attached hydrogens (primary N) is 1. The lowest BCUT2D eigenvalue weighted by Gasteiger charge is -2.38. The van der Waals surface area contributed by atoms with Crippen molar-refractivity contribution in [2.24, 2.45) is 5.73 Å². The summed E-state index contributed by atoms with van der Waals surface area (Å²) in [6.45, 7) is 9.14. The number of aryl methyl sites for hydroxylation is 1. The summed E-state index contributed by atoms with van der Waals surface area (Å²) in [7, 11) is 0. The number of anilines is 1. The lowest BCUT2D eigenvalue weighted by molar-refractivity contribution is 0.201. The highest BCUT2D eigenvalue weighted by Crippen LogP contribution is 2.31. The van der Waals surface area contributed by atoms with E-state index in [1.54, 1.807) is 17.7 Å².